The molecule has 0 unspecified atom stereocenters. The first-order chi connectivity index (χ1) is 16.1. The number of hydrogen-bond acceptors (Lipinski definition) is 3. The molecular formula is C30H46NO3+. The van der Waals surface area contributed by atoms with Gasteiger partial charge in [0.2, 0.25) is 0 Å². The third-order valence-electron chi connectivity index (χ3n) is 6.89. The maximum absolute atomic E-state index is 10.7. The van der Waals surface area contributed by atoms with Gasteiger partial charge in [0, 0.05) is 18.4 Å². The van der Waals surface area contributed by atoms with E-state index in [9.17, 15) is 5.11 Å². The van der Waals surface area contributed by atoms with Crippen molar-refractivity contribution in [2.45, 2.75) is 71.9 Å². The van der Waals surface area contributed by atoms with Crippen molar-refractivity contribution >= 4 is 0 Å². The van der Waals surface area contributed by atoms with Crippen LogP contribution in [0, 0.1) is 5.41 Å². The lowest BCUT2D eigenvalue weighted by Gasteiger charge is -2.36. The van der Waals surface area contributed by atoms with Gasteiger partial charge >= 0.3 is 0 Å². The molecule has 0 bridgehead atoms. The fraction of sp³-hybridized carbons (Fsp3) is 0.600. The number of aliphatic hydroxyl groups is 1. The molecule has 0 aliphatic carbocycles. The van der Waals surface area contributed by atoms with E-state index in [0.29, 0.717) is 25.2 Å². The Balaban J connectivity index is 1.39. The normalized spacial score (nSPS) is 17.0. The zero-order chi connectivity index (χ0) is 24.7. The summed E-state index contributed by atoms with van der Waals surface area (Å²) >= 11 is 0. The van der Waals surface area contributed by atoms with Gasteiger partial charge in [0.15, 0.2) is 0 Å². The predicted molar refractivity (Wildman–Crippen MR) is 140 cm³/mol. The molecule has 4 nitrogen and oxygen atoms in total. The van der Waals surface area contributed by atoms with E-state index >= 15 is 0 Å². The maximum Gasteiger partial charge on any atom is 0.126 e. The summed E-state index contributed by atoms with van der Waals surface area (Å²) in [6.45, 7) is 16.8. The summed E-state index contributed by atoms with van der Waals surface area (Å²) in [5, 5.41) is 10.7. The second kappa shape index (κ2) is 11.7. The molecule has 34 heavy (non-hydrogen) atoms. The third kappa shape index (κ3) is 8.41. The Morgan fingerprint density at radius 1 is 0.882 bits per heavy atom. The van der Waals surface area contributed by atoms with Crippen molar-refractivity contribution in [3.63, 3.8) is 0 Å². The van der Waals surface area contributed by atoms with Crippen LogP contribution >= 0.6 is 0 Å². The first kappa shape index (κ1) is 26.7. The number of ether oxygens (including phenoxy) is 2. The smallest absolute Gasteiger partial charge is 0.126 e. The third-order valence-corrected chi connectivity index (χ3v) is 6.89. The van der Waals surface area contributed by atoms with E-state index in [2.05, 4.69) is 89.2 Å². The highest BCUT2D eigenvalue weighted by Crippen LogP contribution is 2.36. The first-order valence-electron chi connectivity index (χ1n) is 13.0. The molecule has 0 spiro atoms. The SMILES string of the molecule is CC(C)(C)CC(C)(C)c1ccc(OCCOC[C@@H](O)C[N+]2(Cc3ccccc3)CCCC2)cc1. The van der Waals surface area contributed by atoms with E-state index in [0.717, 1.165) is 42.8 Å². The lowest BCUT2D eigenvalue weighted by Crippen LogP contribution is -2.50. The molecule has 188 valence electrons. The van der Waals surface area contributed by atoms with Gasteiger partial charge in [0.05, 0.1) is 26.3 Å². The molecule has 0 aromatic heterocycles. The Kier molecular flexibility index (Phi) is 9.20. The highest BCUT2D eigenvalue weighted by atomic mass is 16.5. The van der Waals surface area contributed by atoms with E-state index in [4.69, 9.17) is 9.47 Å². The zero-order valence-electron chi connectivity index (χ0n) is 22.1. The Morgan fingerprint density at radius 3 is 2.15 bits per heavy atom. The van der Waals surface area contributed by atoms with E-state index in [1.165, 1.54) is 24.0 Å². The molecule has 3 rings (SSSR count). The van der Waals surface area contributed by atoms with Crippen LogP contribution in [0.3, 0.4) is 0 Å². The number of nitrogens with zero attached hydrogens (tertiary/aromatic N) is 1. The highest BCUT2D eigenvalue weighted by Gasteiger charge is 2.34. The number of quaternary nitrogens is 1. The summed E-state index contributed by atoms with van der Waals surface area (Å²) in [6.07, 6.45) is 3.15. The lowest BCUT2D eigenvalue weighted by molar-refractivity contribution is -0.932. The second-order valence-electron chi connectivity index (χ2n) is 12.0. The fourth-order valence-electron chi connectivity index (χ4n) is 5.75. The van der Waals surface area contributed by atoms with Crippen molar-refractivity contribution in [1.29, 1.82) is 0 Å². The Morgan fingerprint density at radius 2 is 1.53 bits per heavy atom. The van der Waals surface area contributed by atoms with Crippen molar-refractivity contribution in [1.82, 2.24) is 0 Å². The number of rotatable bonds is 12. The molecule has 1 heterocycles. The molecule has 1 aliphatic heterocycles. The number of benzene rings is 2. The van der Waals surface area contributed by atoms with E-state index < -0.39 is 6.10 Å². The monoisotopic (exact) mass is 468 g/mol. The van der Waals surface area contributed by atoms with Gasteiger partial charge in [-0.2, -0.15) is 0 Å². The first-order valence-corrected chi connectivity index (χ1v) is 13.0. The van der Waals surface area contributed by atoms with E-state index in [1.54, 1.807) is 0 Å². The van der Waals surface area contributed by atoms with E-state index in [1.807, 2.05) is 0 Å². The Hall–Kier alpha value is -1.88. The van der Waals surface area contributed by atoms with Crippen LogP contribution in [0.1, 0.15) is 65.0 Å². The summed E-state index contributed by atoms with van der Waals surface area (Å²) in [4.78, 5) is 0. The molecule has 1 atom stereocenters. The molecule has 2 aromatic rings. The van der Waals surface area contributed by atoms with Crippen LogP contribution in [0.25, 0.3) is 0 Å². The summed E-state index contributed by atoms with van der Waals surface area (Å²) in [5.74, 6) is 0.865. The predicted octanol–water partition coefficient (Wildman–Crippen LogP) is 5.97. The van der Waals surface area contributed by atoms with Gasteiger partial charge in [-0.1, -0.05) is 77.1 Å². The average molecular weight is 469 g/mol. The van der Waals surface area contributed by atoms with Crippen LogP contribution in [0.15, 0.2) is 54.6 Å². The van der Waals surface area contributed by atoms with Gasteiger partial charge in [-0.15, -0.1) is 0 Å². The largest absolute Gasteiger partial charge is 0.491 e. The van der Waals surface area contributed by atoms with Crippen LogP contribution in [-0.4, -0.2) is 55.1 Å². The summed E-state index contributed by atoms with van der Waals surface area (Å²) < 4.78 is 12.6. The standard InChI is InChI=1S/C30H46NO3/c1-29(2,3)24-30(4,5)26-13-15-28(16-14-26)34-20-19-33-23-27(32)22-31(17-9-10-18-31)21-25-11-7-6-8-12-25/h6-8,11-16,27,32H,9-10,17-24H2,1-5H3/q+1/t27-/m0/s1. The van der Waals surface area contributed by atoms with Gasteiger partial charge in [-0.05, 0) is 34.9 Å². The molecule has 0 radical (unpaired) electrons. The molecule has 1 fully saturated rings. The Labute approximate surface area is 207 Å². The topological polar surface area (TPSA) is 38.7 Å². The number of hydrogen-bond donors (Lipinski definition) is 1. The fourth-order valence-corrected chi connectivity index (χ4v) is 5.75. The molecule has 1 saturated heterocycles. The minimum Gasteiger partial charge on any atom is -0.491 e. The van der Waals surface area contributed by atoms with Crippen LogP contribution in [0.4, 0.5) is 0 Å². The molecule has 2 aromatic carbocycles. The van der Waals surface area contributed by atoms with Crippen molar-refractivity contribution in [2.75, 3.05) is 39.5 Å². The number of aliphatic hydroxyl groups excluding tert-OH is 1. The zero-order valence-corrected chi connectivity index (χ0v) is 22.1. The summed E-state index contributed by atoms with van der Waals surface area (Å²) in [5.41, 5.74) is 3.10. The molecule has 4 heteroatoms. The van der Waals surface area contributed by atoms with Gasteiger partial charge in [0.25, 0.3) is 0 Å². The summed E-state index contributed by atoms with van der Waals surface area (Å²) in [6, 6.07) is 19.1. The number of likely N-dealkylation sites (tertiary alicyclic amines) is 1. The quantitative estimate of drug-likeness (QED) is 0.308. The van der Waals surface area contributed by atoms with Gasteiger partial charge in [-0.3, -0.25) is 0 Å². The van der Waals surface area contributed by atoms with E-state index in [-0.39, 0.29) is 5.41 Å². The summed E-state index contributed by atoms with van der Waals surface area (Å²) in [7, 11) is 0. The molecule has 1 N–H and O–H groups in total. The maximum atomic E-state index is 10.7. The van der Waals surface area contributed by atoms with Crippen LogP contribution in [-0.2, 0) is 16.7 Å². The second-order valence-corrected chi connectivity index (χ2v) is 12.0. The highest BCUT2D eigenvalue weighted by molar-refractivity contribution is 5.31. The molecule has 1 aliphatic rings. The Bertz CT molecular complexity index is 849. The minimum atomic E-state index is -0.453. The average Bonchev–Trinajstić information content (AvgIpc) is 3.20. The van der Waals surface area contributed by atoms with Crippen molar-refractivity contribution in [3.05, 3.63) is 65.7 Å². The lowest BCUT2D eigenvalue weighted by atomic mass is 9.72. The van der Waals surface area contributed by atoms with Crippen LogP contribution in [0.2, 0.25) is 0 Å². The minimum absolute atomic E-state index is 0.131. The van der Waals surface area contributed by atoms with Crippen LogP contribution < -0.4 is 4.74 Å². The molecular weight excluding hydrogens is 422 g/mol. The van der Waals surface area contributed by atoms with Gasteiger partial charge < -0.3 is 19.1 Å². The van der Waals surface area contributed by atoms with Gasteiger partial charge in [-0.25, -0.2) is 0 Å². The van der Waals surface area contributed by atoms with Gasteiger partial charge in [0.1, 0.15) is 31.5 Å². The van der Waals surface area contributed by atoms with Crippen molar-refractivity contribution in [2.24, 2.45) is 5.41 Å². The van der Waals surface area contributed by atoms with Crippen LogP contribution in [0.5, 0.6) is 5.75 Å². The van der Waals surface area contributed by atoms with Crippen molar-refractivity contribution in [3.8, 4) is 5.75 Å². The van der Waals surface area contributed by atoms with Crippen molar-refractivity contribution < 1.29 is 19.1 Å². The molecule has 0 amide bonds. The molecule has 0 saturated carbocycles.